The molecule has 8 heteroatoms. The predicted molar refractivity (Wildman–Crippen MR) is 67.2 cm³/mol. The van der Waals surface area contributed by atoms with E-state index in [0.29, 0.717) is 0 Å². The molecule has 2 aromatic heterocycles. The number of hydrogen-bond donors (Lipinski definition) is 1. The summed E-state index contributed by atoms with van der Waals surface area (Å²) in [6, 6.07) is 3.16. The molecule has 0 unspecified atom stereocenters. The zero-order valence-corrected chi connectivity index (χ0v) is 11.2. The molecule has 1 N–H and O–H groups in total. The number of aromatic nitrogens is 1. The first-order chi connectivity index (χ1) is 7.99. The number of hydrogen-bond acceptors (Lipinski definition) is 6. The predicted octanol–water partition coefficient (Wildman–Crippen LogP) is 2.21. The molecule has 0 radical (unpaired) electrons. The third-order valence-electron chi connectivity index (χ3n) is 1.85. The highest BCUT2D eigenvalue weighted by Crippen LogP contribution is 2.22. The van der Waals surface area contributed by atoms with Crippen LogP contribution >= 0.6 is 22.7 Å². The second-order valence-corrected chi connectivity index (χ2v) is 6.85. The van der Waals surface area contributed by atoms with Crippen LogP contribution in [0, 0.1) is 0 Å². The number of anilines is 1. The summed E-state index contributed by atoms with van der Waals surface area (Å²) in [7, 11) is -3.58. The molecule has 0 aliphatic heterocycles. The highest BCUT2D eigenvalue weighted by atomic mass is 32.2. The number of ketones is 1. The fourth-order valence-corrected chi connectivity index (χ4v) is 4.06. The van der Waals surface area contributed by atoms with Crippen LogP contribution in [0.25, 0.3) is 0 Å². The van der Waals surface area contributed by atoms with Crippen molar-refractivity contribution in [3.8, 4) is 0 Å². The monoisotopic (exact) mass is 288 g/mol. The van der Waals surface area contributed by atoms with Crippen LogP contribution in [0.3, 0.4) is 0 Å². The Morgan fingerprint density at radius 1 is 1.41 bits per heavy atom. The van der Waals surface area contributed by atoms with Gasteiger partial charge in [0.2, 0.25) is 0 Å². The van der Waals surface area contributed by atoms with Gasteiger partial charge in [0.25, 0.3) is 10.0 Å². The molecule has 0 saturated carbocycles. The lowest BCUT2D eigenvalue weighted by Gasteiger charge is -2.01. The molecule has 0 spiro atoms. The molecule has 0 atom stereocenters. The summed E-state index contributed by atoms with van der Waals surface area (Å²) in [4.78, 5) is 14.9. The van der Waals surface area contributed by atoms with Crippen molar-refractivity contribution in [3.63, 3.8) is 0 Å². The van der Waals surface area contributed by atoms with Crippen molar-refractivity contribution in [1.29, 1.82) is 0 Å². The molecule has 0 saturated heterocycles. The third-order valence-corrected chi connectivity index (χ3v) is 5.47. The third kappa shape index (κ3) is 2.71. The Balaban J connectivity index is 2.24. The molecule has 0 amide bonds. The van der Waals surface area contributed by atoms with Gasteiger partial charge in [0.15, 0.2) is 10.9 Å². The molecule has 2 heterocycles. The minimum atomic E-state index is -3.58. The number of thiophene rings is 1. The summed E-state index contributed by atoms with van der Waals surface area (Å²) in [5.41, 5.74) is 0.263. The highest BCUT2D eigenvalue weighted by molar-refractivity contribution is 7.94. The number of Topliss-reactive ketones (excluding diaryl/α,β-unsaturated/α-hetero) is 1. The summed E-state index contributed by atoms with van der Waals surface area (Å²) < 4.78 is 26.2. The number of nitrogens with one attached hydrogen (secondary N) is 1. The van der Waals surface area contributed by atoms with E-state index in [9.17, 15) is 13.2 Å². The normalized spacial score (nSPS) is 11.4. The van der Waals surface area contributed by atoms with Gasteiger partial charge in [-0.05, 0) is 11.4 Å². The lowest BCUT2D eigenvalue weighted by atomic mass is 10.4. The summed E-state index contributed by atoms with van der Waals surface area (Å²) in [6.45, 7) is 1.38. The van der Waals surface area contributed by atoms with Crippen molar-refractivity contribution in [1.82, 2.24) is 4.98 Å². The van der Waals surface area contributed by atoms with E-state index in [2.05, 4.69) is 9.71 Å². The van der Waals surface area contributed by atoms with Gasteiger partial charge in [0.1, 0.15) is 9.90 Å². The van der Waals surface area contributed by atoms with Crippen LogP contribution in [0.5, 0.6) is 0 Å². The van der Waals surface area contributed by atoms with Crippen LogP contribution in [0.1, 0.15) is 17.4 Å². The maximum Gasteiger partial charge on any atom is 0.273 e. The molecule has 0 bridgehead atoms. The van der Waals surface area contributed by atoms with Gasteiger partial charge in [-0.1, -0.05) is 6.07 Å². The van der Waals surface area contributed by atoms with Crippen molar-refractivity contribution in [2.45, 2.75) is 11.1 Å². The minimum Gasteiger partial charge on any atom is -0.293 e. The zero-order chi connectivity index (χ0) is 12.5. The Labute approximate surface area is 106 Å². The summed E-state index contributed by atoms with van der Waals surface area (Å²) in [6.07, 6.45) is 0. The van der Waals surface area contributed by atoms with E-state index < -0.39 is 10.0 Å². The first-order valence-corrected chi connectivity index (χ1v) is 7.76. The summed E-state index contributed by atoms with van der Waals surface area (Å²) in [5.74, 6) is -0.192. The van der Waals surface area contributed by atoms with Gasteiger partial charge < -0.3 is 0 Å². The van der Waals surface area contributed by atoms with Crippen molar-refractivity contribution in [2.75, 3.05) is 4.72 Å². The van der Waals surface area contributed by atoms with Crippen LogP contribution in [0.2, 0.25) is 0 Å². The van der Waals surface area contributed by atoms with E-state index in [0.717, 1.165) is 22.7 Å². The Hall–Kier alpha value is -1.25. The lowest BCUT2D eigenvalue weighted by molar-refractivity contribution is 0.101. The first-order valence-electron chi connectivity index (χ1n) is 4.52. The fraction of sp³-hybridized carbons (Fsp3) is 0.111. The molecular weight excluding hydrogens is 280 g/mol. The first kappa shape index (κ1) is 12.2. The number of sulfonamides is 1. The maximum atomic E-state index is 11.8. The molecule has 0 aromatic carbocycles. The molecule has 2 aromatic rings. The molecule has 0 aliphatic carbocycles. The summed E-state index contributed by atoms with van der Waals surface area (Å²) >= 11 is 2.21. The van der Waals surface area contributed by atoms with E-state index in [1.807, 2.05) is 0 Å². The van der Waals surface area contributed by atoms with E-state index in [-0.39, 0.29) is 20.8 Å². The van der Waals surface area contributed by atoms with Gasteiger partial charge in [-0.15, -0.1) is 22.7 Å². The second-order valence-electron chi connectivity index (χ2n) is 3.13. The van der Waals surface area contributed by atoms with Gasteiger partial charge in [-0.2, -0.15) is 0 Å². The molecule has 17 heavy (non-hydrogen) atoms. The number of rotatable bonds is 4. The van der Waals surface area contributed by atoms with Crippen molar-refractivity contribution < 1.29 is 13.2 Å². The summed E-state index contributed by atoms with van der Waals surface area (Å²) in [5, 5.41) is 3.40. The van der Waals surface area contributed by atoms with Gasteiger partial charge in [0, 0.05) is 12.3 Å². The quantitative estimate of drug-likeness (QED) is 0.875. The molecular formula is C9H8N2O3S3. The number of carbonyl (C=O) groups is 1. The topological polar surface area (TPSA) is 76.1 Å². The van der Waals surface area contributed by atoms with Crippen molar-refractivity contribution in [3.05, 3.63) is 28.6 Å². The minimum absolute atomic E-state index is 0.192. The van der Waals surface area contributed by atoms with E-state index in [4.69, 9.17) is 0 Å². The van der Waals surface area contributed by atoms with Gasteiger partial charge in [-0.25, -0.2) is 13.4 Å². The van der Waals surface area contributed by atoms with Crippen molar-refractivity contribution >= 4 is 43.6 Å². The number of thiazole rings is 1. The lowest BCUT2D eigenvalue weighted by Crippen LogP contribution is -2.11. The number of carbonyl (C=O) groups excluding carboxylic acids is 1. The van der Waals surface area contributed by atoms with Crippen LogP contribution in [0.15, 0.2) is 27.1 Å². The second kappa shape index (κ2) is 4.55. The average Bonchev–Trinajstić information content (AvgIpc) is 2.85. The smallest absolute Gasteiger partial charge is 0.273 e. The SMILES string of the molecule is CC(=O)c1csc(NS(=O)(=O)c2cccs2)n1. The van der Waals surface area contributed by atoms with E-state index >= 15 is 0 Å². The van der Waals surface area contributed by atoms with Crippen LogP contribution in [0.4, 0.5) is 5.13 Å². The van der Waals surface area contributed by atoms with Crippen LogP contribution in [-0.4, -0.2) is 19.2 Å². The van der Waals surface area contributed by atoms with Crippen LogP contribution in [-0.2, 0) is 10.0 Å². The Bertz CT molecular complexity index is 628. The largest absolute Gasteiger partial charge is 0.293 e. The standard InChI is InChI=1S/C9H8N2O3S3/c1-6(12)7-5-16-9(10-7)11-17(13,14)8-3-2-4-15-8/h2-5H,1H3,(H,10,11). The van der Waals surface area contributed by atoms with Gasteiger partial charge >= 0.3 is 0 Å². The Morgan fingerprint density at radius 2 is 2.18 bits per heavy atom. The van der Waals surface area contributed by atoms with Gasteiger partial charge in [-0.3, -0.25) is 9.52 Å². The van der Waals surface area contributed by atoms with E-state index in [1.54, 1.807) is 11.4 Å². The number of nitrogens with zero attached hydrogens (tertiary/aromatic N) is 1. The molecule has 5 nitrogen and oxygen atoms in total. The van der Waals surface area contributed by atoms with Gasteiger partial charge in [0.05, 0.1) is 0 Å². The van der Waals surface area contributed by atoms with E-state index in [1.165, 1.54) is 18.4 Å². The Kier molecular flexibility index (Phi) is 3.27. The maximum absolute atomic E-state index is 11.8. The highest BCUT2D eigenvalue weighted by Gasteiger charge is 2.17. The molecule has 2 rings (SSSR count). The van der Waals surface area contributed by atoms with Crippen molar-refractivity contribution in [2.24, 2.45) is 0 Å². The Morgan fingerprint density at radius 3 is 2.71 bits per heavy atom. The molecule has 0 fully saturated rings. The average molecular weight is 288 g/mol. The zero-order valence-electron chi connectivity index (χ0n) is 8.71. The molecule has 0 aliphatic rings. The fourth-order valence-electron chi connectivity index (χ4n) is 1.06. The van der Waals surface area contributed by atoms with Crippen LogP contribution < -0.4 is 4.72 Å². The molecule has 90 valence electrons.